The molecule has 2 heterocycles. The van der Waals surface area contributed by atoms with E-state index in [-0.39, 0.29) is 30.9 Å². The molecule has 2 aliphatic heterocycles. The summed E-state index contributed by atoms with van der Waals surface area (Å²) in [5, 5.41) is 9.66. The SMILES string of the molecule is O=C1C[C@@H](N2CCCC[C@H]2CCO)C(=O)N1c1ccccc1Cl. The molecule has 6 heteroatoms. The molecule has 2 fully saturated rings. The van der Waals surface area contributed by atoms with Crippen LogP contribution in [0.2, 0.25) is 5.02 Å². The molecule has 1 aromatic rings. The quantitative estimate of drug-likeness (QED) is 0.856. The van der Waals surface area contributed by atoms with Gasteiger partial charge in [0.25, 0.3) is 5.91 Å². The third-order valence-electron chi connectivity index (χ3n) is 4.75. The third-order valence-corrected chi connectivity index (χ3v) is 5.07. The second kappa shape index (κ2) is 6.99. The maximum absolute atomic E-state index is 12.9. The number of likely N-dealkylation sites (tertiary alicyclic amines) is 1. The van der Waals surface area contributed by atoms with Crippen LogP contribution in [-0.2, 0) is 9.59 Å². The van der Waals surface area contributed by atoms with Gasteiger partial charge in [0.05, 0.1) is 23.2 Å². The number of hydrogen-bond donors (Lipinski definition) is 1. The molecule has 1 N–H and O–H groups in total. The Morgan fingerprint density at radius 3 is 2.74 bits per heavy atom. The van der Waals surface area contributed by atoms with Crippen LogP contribution in [0.15, 0.2) is 24.3 Å². The van der Waals surface area contributed by atoms with Gasteiger partial charge in [-0.05, 0) is 37.9 Å². The standard InChI is InChI=1S/C17H21ClN2O3/c18-13-6-1-2-7-14(13)20-16(22)11-15(17(20)23)19-9-4-3-5-12(19)8-10-21/h1-2,6-7,12,15,21H,3-5,8-11H2/t12-,15+/m0/s1. The Morgan fingerprint density at radius 2 is 2.00 bits per heavy atom. The summed E-state index contributed by atoms with van der Waals surface area (Å²) in [5.41, 5.74) is 0.461. The van der Waals surface area contributed by atoms with E-state index < -0.39 is 6.04 Å². The molecule has 2 saturated heterocycles. The van der Waals surface area contributed by atoms with Gasteiger partial charge in [0.2, 0.25) is 5.91 Å². The van der Waals surface area contributed by atoms with E-state index in [1.54, 1.807) is 24.3 Å². The number of anilines is 1. The highest BCUT2D eigenvalue weighted by Crippen LogP contribution is 2.33. The van der Waals surface area contributed by atoms with Gasteiger partial charge in [-0.1, -0.05) is 30.2 Å². The highest BCUT2D eigenvalue weighted by molar-refractivity contribution is 6.36. The van der Waals surface area contributed by atoms with Crippen molar-refractivity contribution in [2.24, 2.45) is 0 Å². The average Bonchev–Trinajstić information content (AvgIpc) is 2.84. The van der Waals surface area contributed by atoms with Crippen LogP contribution in [-0.4, -0.2) is 47.1 Å². The monoisotopic (exact) mass is 336 g/mol. The fourth-order valence-electron chi connectivity index (χ4n) is 3.65. The first-order chi connectivity index (χ1) is 11.1. The summed E-state index contributed by atoms with van der Waals surface area (Å²) < 4.78 is 0. The van der Waals surface area contributed by atoms with Crippen LogP contribution >= 0.6 is 11.6 Å². The second-order valence-corrected chi connectivity index (χ2v) is 6.55. The fraction of sp³-hybridized carbons (Fsp3) is 0.529. The number of imide groups is 1. The van der Waals surface area contributed by atoms with Crippen molar-refractivity contribution in [2.45, 2.75) is 44.2 Å². The highest BCUT2D eigenvalue weighted by atomic mass is 35.5. The summed E-state index contributed by atoms with van der Waals surface area (Å²) in [6, 6.07) is 6.65. The fourth-order valence-corrected chi connectivity index (χ4v) is 3.87. The Bertz CT molecular complexity index is 605. The summed E-state index contributed by atoms with van der Waals surface area (Å²) in [4.78, 5) is 28.6. The molecule has 2 amide bonds. The molecule has 0 bridgehead atoms. The molecule has 0 saturated carbocycles. The van der Waals surface area contributed by atoms with E-state index in [1.165, 1.54) is 4.90 Å². The lowest BCUT2D eigenvalue weighted by Gasteiger charge is -2.38. The summed E-state index contributed by atoms with van der Waals surface area (Å²) in [6.07, 6.45) is 3.91. The number of rotatable bonds is 4. The molecular weight excluding hydrogens is 316 g/mol. The number of aliphatic hydroxyl groups excluding tert-OH is 1. The number of carbonyl (C=O) groups is 2. The van der Waals surface area contributed by atoms with E-state index >= 15 is 0 Å². The molecule has 3 rings (SSSR count). The van der Waals surface area contributed by atoms with Crippen molar-refractivity contribution >= 4 is 29.1 Å². The van der Waals surface area contributed by atoms with Crippen molar-refractivity contribution in [3.05, 3.63) is 29.3 Å². The molecule has 0 spiro atoms. The van der Waals surface area contributed by atoms with Crippen LogP contribution in [0.3, 0.4) is 0 Å². The van der Waals surface area contributed by atoms with E-state index in [0.29, 0.717) is 17.1 Å². The Balaban J connectivity index is 1.84. The molecule has 0 aliphatic carbocycles. The van der Waals surface area contributed by atoms with E-state index in [1.807, 2.05) is 0 Å². The molecule has 23 heavy (non-hydrogen) atoms. The van der Waals surface area contributed by atoms with Crippen molar-refractivity contribution in [3.63, 3.8) is 0 Å². The number of nitrogens with zero attached hydrogens (tertiary/aromatic N) is 2. The summed E-state index contributed by atoms with van der Waals surface area (Å²) >= 11 is 6.15. The lowest BCUT2D eigenvalue weighted by molar-refractivity contribution is -0.123. The van der Waals surface area contributed by atoms with Gasteiger partial charge in [-0.3, -0.25) is 14.5 Å². The van der Waals surface area contributed by atoms with Crippen molar-refractivity contribution in [1.29, 1.82) is 0 Å². The van der Waals surface area contributed by atoms with Gasteiger partial charge in [0, 0.05) is 12.6 Å². The first-order valence-electron chi connectivity index (χ1n) is 8.11. The molecule has 5 nitrogen and oxygen atoms in total. The van der Waals surface area contributed by atoms with Gasteiger partial charge in [-0.2, -0.15) is 0 Å². The summed E-state index contributed by atoms with van der Waals surface area (Å²) in [6.45, 7) is 0.898. The minimum absolute atomic E-state index is 0.101. The Kier molecular flexibility index (Phi) is 4.99. The zero-order valence-electron chi connectivity index (χ0n) is 12.9. The van der Waals surface area contributed by atoms with Crippen molar-refractivity contribution in [2.75, 3.05) is 18.1 Å². The van der Waals surface area contributed by atoms with E-state index in [2.05, 4.69) is 4.90 Å². The normalized spacial score (nSPS) is 26.1. The zero-order valence-corrected chi connectivity index (χ0v) is 13.7. The highest BCUT2D eigenvalue weighted by Gasteiger charge is 2.45. The number of aliphatic hydroxyl groups is 1. The smallest absolute Gasteiger partial charge is 0.251 e. The van der Waals surface area contributed by atoms with E-state index in [9.17, 15) is 14.7 Å². The molecule has 124 valence electrons. The largest absolute Gasteiger partial charge is 0.396 e. The Morgan fingerprint density at radius 1 is 1.22 bits per heavy atom. The third kappa shape index (κ3) is 3.13. The number of halogens is 1. The zero-order chi connectivity index (χ0) is 16.4. The van der Waals surface area contributed by atoms with E-state index in [0.717, 1.165) is 25.8 Å². The molecule has 0 aromatic heterocycles. The number of hydrogen-bond acceptors (Lipinski definition) is 4. The van der Waals surface area contributed by atoms with Gasteiger partial charge in [0.1, 0.15) is 0 Å². The Labute approximate surface area is 140 Å². The van der Waals surface area contributed by atoms with Crippen LogP contribution in [0.1, 0.15) is 32.1 Å². The van der Waals surface area contributed by atoms with Crippen LogP contribution < -0.4 is 4.90 Å². The first-order valence-corrected chi connectivity index (χ1v) is 8.49. The van der Waals surface area contributed by atoms with Gasteiger partial charge < -0.3 is 5.11 Å². The summed E-state index contributed by atoms with van der Waals surface area (Å²) in [7, 11) is 0. The van der Waals surface area contributed by atoms with Crippen molar-refractivity contribution in [3.8, 4) is 0 Å². The number of carbonyl (C=O) groups excluding carboxylic acids is 2. The van der Waals surface area contributed by atoms with Crippen LogP contribution in [0.4, 0.5) is 5.69 Å². The lowest BCUT2D eigenvalue weighted by Crippen LogP contribution is -2.50. The number of amides is 2. The predicted octanol–water partition coefficient (Wildman–Crippen LogP) is 2.21. The summed E-state index contributed by atoms with van der Waals surface area (Å²) in [5.74, 6) is -0.408. The van der Waals surface area contributed by atoms with Crippen molar-refractivity contribution in [1.82, 2.24) is 4.90 Å². The molecule has 2 aliphatic rings. The minimum Gasteiger partial charge on any atom is -0.396 e. The van der Waals surface area contributed by atoms with Gasteiger partial charge in [-0.25, -0.2) is 4.90 Å². The molecule has 2 atom stereocenters. The first kappa shape index (κ1) is 16.4. The van der Waals surface area contributed by atoms with Crippen molar-refractivity contribution < 1.29 is 14.7 Å². The van der Waals surface area contributed by atoms with Crippen LogP contribution in [0, 0.1) is 0 Å². The Hall–Kier alpha value is -1.43. The van der Waals surface area contributed by atoms with E-state index in [4.69, 9.17) is 11.6 Å². The average molecular weight is 337 g/mol. The predicted molar refractivity (Wildman–Crippen MR) is 88.4 cm³/mol. The van der Waals surface area contributed by atoms with Gasteiger partial charge >= 0.3 is 0 Å². The van der Waals surface area contributed by atoms with Gasteiger partial charge in [-0.15, -0.1) is 0 Å². The molecule has 0 radical (unpaired) electrons. The lowest BCUT2D eigenvalue weighted by atomic mass is 9.97. The van der Waals surface area contributed by atoms with Crippen LogP contribution in [0.25, 0.3) is 0 Å². The van der Waals surface area contributed by atoms with Gasteiger partial charge in [0.15, 0.2) is 0 Å². The number of para-hydroxylation sites is 1. The number of benzene rings is 1. The second-order valence-electron chi connectivity index (χ2n) is 6.14. The molecule has 0 unspecified atom stereocenters. The number of piperidine rings is 1. The van der Waals surface area contributed by atoms with Crippen LogP contribution in [0.5, 0.6) is 0 Å². The maximum Gasteiger partial charge on any atom is 0.251 e. The minimum atomic E-state index is -0.435. The maximum atomic E-state index is 12.9. The topological polar surface area (TPSA) is 60.9 Å². The molecular formula is C17H21ClN2O3. The molecule has 1 aromatic carbocycles.